The molecule has 5 aromatic rings. The second-order valence-electron chi connectivity index (χ2n) is 7.66. The smallest absolute Gasteiger partial charge is 0.223 e. The summed E-state index contributed by atoms with van der Waals surface area (Å²) in [7, 11) is -3.29. The Labute approximate surface area is 195 Å². The van der Waals surface area contributed by atoms with E-state index in [0.29, 0.717) is 41.0 Å². The molecule has 0 unspecified atom stereocenters. The highest BCUT2D eigenvalue weighted by Crippen LogP contribution is 2.32. The number of nitrogens with one attached hydrogen (secondary N) is 1. The minimum absolute atomic E-state index is 0.0376. The first kappa shape index (κ1) is 21.8. The lowest BCUT2D eigenvalue weighted by molar-refractivity contribution is 0.388. The van der Waals surface area contributed by atoms with Crippen LogP contribution in [0.5, 0.6) is 11.5 Å². The van der Waals surface area contributed by atoms with Crippen molar-refractivity contribution in [3.8, 4) is 23.0 Å². The van der Waals surface area contributed by atoms with Crippen molar-refractivity contribution in [2.45, 2.75) is 25.2 Å². The summed E-state index contributed by atoms with van der Waals surface area (Å²) in [6.45, 7) is 3.35. The first-order valence-corrected chi connectivity index (χ1v) is 12.3. The first-order valence-electron chi connectivity index (χ1n) is 10.6. The minimum atomic E-state index is -3.29. The van der Waals surface area contributed by atoms with E-state index in [4.69, 9.17) is 9.26 Å². The molecule has 0 saturated heterocycles. The van der Waals surface area contributed by atoms with Crippen LogP contribution < -0.4 is 4.74 Å². The van der Waals surface area contributed by atoms with Gasteiger partial charge in [0.05, 0.1) is 21.7 Å². The molecule has 0 aliphatic rings. The van der Waals surface area contributed by atoms with Crippen molar-refractivity contribution in [1.82, 2.24) is 25.1 Å². The molecule has 0 radical (unpaired) electrons. The Morgan fingerprint density at radius 2 is 1.88 bits per heavy atom. The van der Waals surface area contributed by atoms with E-state index in [1.54, 1.807) is 44.3 Å². The van der Waals surface area contributed by atoms with Gasteiger partial charge >= 0.3 is 0 Å². The summed E-state index contributed by atoms with van der Waals surface area (Å²) in [5.74, 6) is 2.74. The van der Waals surface area contributed by atoms with Gasteiger partial charge in [0, 0.05) is 31.2 Å². The van der Waals surface area contributed by atoms with E-state index < -0.39 is 9.84 Å². The van der Waals surface area contributed by atoms with Crippen LogP contribution in [0.15, 0.2) is 70.2 Å². The van der Waals surface area contributed by atoms with Crippen molar-refractivity contribution < 1.29 is 17.7 Å². The van der Waals surface area contributed by atoms with Gasteiger partial charge in [-0.1, -0.05) is 18.1 Å². The molecular weight excluding hydrogens is 454 g/mol. The summed E-state index contributed by atoms with van der Waals surface area (Å²) in [6, 6.07) is 15.8. The molecule has 0 amide bonds. The standard InChI is InChI=1S/C24H21N5O4S/c1-3-34(30,31)18-9-7-17(8-10-18)32-22-14-21-20(12-16(22)13-23-26-15(2)33-29-23)27-24(28-21)19-6-4-5-11-25-19/h4-12,14H,3,13H2,1-2H3,(H,27,28). The van der Waals surface area contributed by atoms with Crippen LogP contribution in [0.1, 0.15) is 24.2 Å². The SMILES string of the molecule is CCS(=O)(=O)c1ccc(Oc2cc3nc(-c4ccccn4)[nH]c3cc2Cc2noc(C)n2)cc1. The molecule has 0 spiro atoms. The summed E-state index contributed by atoms with van der Waals surface area (Å²) in [5, 5.41) is 4.00. The van der Waals surface area contributed by atoms with E-state index in [1.807, 2.05) is 30.3 Å². The van der Waals surface area contributed by atoms with Gasteiger partial charge in [-0.3, -0.25) is 4.98 Å². The zero-order valence-corrected chi connectivity index (χ0v) is 19.3. The predicted octanol–water partition coefficient (Wildman–Crippen LogP) is 4.49. The fourth-order valence-electron chi connectivity index (χ4n) is 3.53. The maximum absolute atomic E-state index is 12.1. The van der Waals surface area contributed by atoms with Gasteiger partial charge in [0.1, 0.15) is 17.2 Å². The van der Waals surface area contributed by atoms with E-state index in [0.717, 1.165) is 16.8 Å². The lowest BCUT2D eigenvalue weighted by Gasteiger charge is -2.11. The van der Waals surface area contributed by atoms with Gasteiger partial charge in [-0.15, -0.1) is 0 Å². The zero-order chi connectivity index (χ0) is 23.7. The molecule has 0 bridgehead atoms. The Morgan fingerprint density at radius 1 is 1.06 bits per heavy atom. The molecule has 0 aliphatic heterocycles. The molecule has 9 nitrogen and oxygen atoms in total. The molecule has 0 saturated carbocycles. The maximum atomic E-state index is 12.1. The van der Waals surface area contributed by atoms with Gasteiger partial charge in [0.25, 0.3) is 0 Å². The number of sulfone groups is 1. The van der Waals surface area contributed by atoms with Gasteiger partial charge in [0.15, 0.2) is 21.5 Å². The molecule has 172 valence electrons. The highest BCUT2D eigenvalue weighted by molar-refractivity contribution is 7.91. The molecule has 3 aromatic heterocycles. The van der Waals surface area contributed by atoms with Crippen molar-refractivity contribution in [2.24, 2.45) is 0 Å². The number of ether oxygens (including phenoxy) is 1. The van der Waals surface area contributed by atoms with Crippen molar-refractivity contribution in [1.29, 1.82) is 0 Å². The molecular formula is C24H21N5O4S. The minimum Gasteiger partial charge on any atom is -0.457 e. The number of hydrogen-bond acceptors (Lipinski definition) is 8. The Morgan fingerprint density at radius 3 is 2.56 bits per heavy atom. The normalized spacial score (nSPS) is 11.7. The predicted molar refractivity (Wildman–Crippen MR) is 125 cm³/mol. The van der Waals surface area contributed by atoms with E-state index in [9.17, 15) is 8.42 Å². The largest absolute Gasteiger partial charge is 0.457 e. The van der Waals surface area contributed by atoms with Gasteiger partial charge in [-0.2, -0.15) is 4.98 Å². The summed E-state index contributed by atoms with van der Waals surface area (Å²) in [5.41, 5.74) is 3.06. The number of benzene rings is 2. The van der Waals surface area contributed by atoms with Crippen LogP contribution in [0.4, 0.5) is 0 Å². The topological polar surface area (TPSA) is 124 Å². The second kappa shape index (κ2) is 8.71. The average Bonchev–Trinajstić information content (AvgIpc) is 3.45. The summed E-state index contributed by atoms with van der Waals surface area (Å²) < 4.78 is 35.5. The van der Waals surface area contributed by atoms with E-state index >= 15 is 0 Å². The summed E-state index contributed by atoms with van der Waals surface area (Å²) >= 11 is 0. The van der Waals surface area contributed by atoms with Gasteiger partial charge < -0.3 is 14.2 Å². The number of aromatic nitrogens is 5. The third kappa shape index (κ3) is 4.40. The van der Waals surface area contributed by atoms with Crippen LogP contribution in [-0.4, -0.2) is 39.3 Å². The molecule has 3 heterocycles. The second-order valence-corrected chi connectivity index (χ2v) is 9.94. The van der Waals surface area contributed by atoms with Crippen LogP contribution in [0, 0.1) is 6.92 Å². The van der Waals surface area contributed by atoms with Crippen molar-refractivity contribution in [3.05, 3.63) is 78.1 Å². The van der Waals surface area contributed by atoms with Crippen molar-refractivity contribution >= 4 is 20.9 Å². The zero-order valence-electron chi connectivity index (χ0n) is 18.5. The van der Waals surface area contributed by atoms with Gasteiger partial charge in [-0.25, -0.2) is 13.4 Å². The van der Waals surface area contributed by atoms with E-state index in [2.05, 4.69) is 25.1 Å². The van der Waals surface area contributed by atoms with E-state index in [1.165, 1.54) is 0 Å². The molecule has 1 N–H and O–H groups in total. The third-order valence-corrected chi connectivity index (χ3v) is 7.03. The van der Waals surface area contributed by atoms with E-state index in [-0.39, 0.29) is 10.6 Å². The number of rotatable bonds is 7. The number of aryl methyl sites for hydroxylation is 1. The van der Waals surface area contributed by atoms with Gasteiger partial charge in [0.2, 0.25) is 5.89 Å². The number of H-pyrrole nitrogens is 1. The van der Waals surface area contributed by atoms with Crippen LogP contribution in [-0.2, 0) is 16.3 Å². The molecule has 0 atom stereocenters. The molecule has 2 aromatic carbocycles. The summed E-state index contributed by atoms with van der Waals surface area (Å²) in [6.07, 6.45) is 2.09. The highest BCUT2D eigenvalue weighted by Gasteiger charge is 2.16. The Kier molecular flexibility index (Phi) is 5.58. The first-order chi connectivity index (χ1) is 16.4. The summed E-state index contributed by atoms with van der Waals surface area (Å²) in [4.78, 5) is 16.9. The third-order valence-electron chi connectivity index (χ3n) is 5.28. The molecule has 34 heavy (non-hydrogen) atoms. The Balaban J connectivity index is 1.54. The number of aromatic amines is 1. The lowest BCUT2D eigenvalue weighted by Crippen LogP contribution is -2.03. The van der Waals surface area contributed by atoms with Crippen LogP contribution in [0.2, 0.25) is 0 Å². The van der Waals surface area contributed by atoms with Crippen LogP contribution in [0.25, 0.3) is 22.6 Å². The maximum Gasteiger partial charge on any atom is 0.223 e. The number of hydrogen-bond donors (Lipinski definition) is 1. The Bertz CT molecular complexity index is 1560. The fraction of sp³-hybridized carbons (Fsp3) is 0.167. The highest BCUT2D eigenvalue weighted by atomic mass is 32.2. The fourth-order valence-corrected chi connectivity index (χ4v) is 4.42. The van der Waals surface area contributed by atoms with Crippen molar-refractivity contribution in [2.75, 3.05) is 5.75 Å². The van der Waals surface area contributed by atoms with Crippen molar-refractivity contribution in [3.63, 3.8) is 0 Å². The number of imidazole rings is 1. The quantitative estimate of drug-likeness (QED) is 0.365. The molecule has 5 rings (SSSR count). The number of pyridine rings is 1. The lowest BCUT2D eigenvalue weighted by atomic mass is 10.1. The molecule has 0 aliphatic carbocycles. The number of fused-ring (bicyclic) bond motifs is 1. The Hall–Kier alpha value is -4.05. The average molecular weight is 476 g/mol. The number of nitrogens with zero attached hydrogens (tertiary/aromatic N) is 4. The van der Waals surface area contributed by atoms with Gasteiger partial charge in [-0.05, 0) is 42.5 Å². The molecule has 10 heteroatoms. The van der Waals surface area contributed by atoms with Crippen LogP contribution in [0.3, 0.4) is 0 Å². The molecule has 0 fully saturated rings. The monoisotopic (exact) mass is 475 g/mol. The van der Waals surface area contributed by atoms with Crippen LogP contribution >= 0.6 is 0 Å².